The molecule has 0 amide bonds. The van der Waals surface area contributed by atoms with Crippen molar-refractivity contribution in [3.63, 3.8) is 0 Å². The molecule has 0 saturated heterocycles. The fraction of sp³-hybridized carbons (Fsp3) is 0.350. The predicted octanol–water partition coefficient (Wildman–Crippen LogP) is 3.19. The van der Waals surface area contributed by atoms with E-state index in [0.717, 1.165) is 23.8 Å². The van der Waals surface area contributed by atoms with E-state index in [1.165, 1.54) is 0 Å². The van der Waals surface area contributed by atoms with Gasteiger partial charge in [-0.1, -0.05) is 24.3 Å². The Morgan fingerprint density at radius 1 is 0.962 bits per heavy atom. The Labute approximate surface area is 155 Å². The third-order valence-corrected chi connectivity index (χ3v) is 3.58. The summed E-state index contributed by atoms with van der Waals surface area (Å²) in [5.41, 5.74) is 1.10. The highest BCUT2D eigenvalue weighted by molar-refractivity contribution is 5.79. The second-order valence-corrected chi connectivity index (χ2v) is 5.51. The number of guanidine groups is 1. The lowest BCUT2D eigenvalue weighted by Gasteiger charge is -2.11. The average Bonchev–Trinajstić information content (AvgIpc) is 2.68. The Kier molecular flexibility index (Phi) is 8.29. The number of ether oxygens (including phenoxy) is 3. The van der Waals surface area contributed by atoms with Gasteiger partial charge in [-0.25, -0.2) is 4.99 Å². The first kappa shape index (κ1) is 19.6. The Morgan fingerprint density at radius 2 is 1.69 bits per heavy atom. The maximum absolute atomic E-state index is 5.89. The van der Waals surface area contributed by atoms with Crippen LogP contribution in [0.2, 0.25) is 0 Å². The summed E-state index contributed by atoms with van der Waals surface area (Å²) in [6, 6.07) is 15.5. The van der Waals surface area contributed by atoms with E-state index in [2.05, 4.69) is 15.6 Å². The van der Waals surface area contributed by atoms with Crippen LogP contribution in [0, 0.1) is 0 Å². The number of methoxy groups -OCH3 is 2. The lowest BCUT2D eigenvalue weighted by molar-refractivity contribution is 0.203. The largest absolute Gasteiger partial charge is 0.493 e. The minimum Gasteiger partial charge on any atom is -0.493 e. The van der Waals surface area contributed by atoms with Crippen LogP contribution in [-0.2, 0) is 11.3 Å². The number of aliphatic imine (C=N–C) groups is 1. The van der Waals surface area contributed by atoms with E-state index < -0.39 is 0 Å². The van der Waals surface area contributed by atoms with Crippen LogP contribution in [0.1, 0.15) is 12.5 Å². The van der Waals surface area contributed by atoms with Crippen LogP contribution in [0.5, 0.6) is 17.2 Å². The van der Waals surface area contributed by atoms with Crippen molar-refractivity contribution in [2.45, 2.75) is 13.5 Å². The summed E-state index contributed by atoms with van der Waals surface area (Å²) in [4.78, 5) is 4.57. The molecule has 140 valence electrons. The molecule has 2 N–H and O–H groups in total. The highest BCUT2D eigenvalue weighted by Gasteiger charge is 2.04. The van der Waals surface area contributed by atoms with Crippen molar-refractivity contribution < 1.29 is 14.2 Å². The predicted molar refractivity (Wildman–Crippen MR) is 104 cm³/mol. The highest BCUT2D eigenvalue weighted by Crippen LogP contribution is 2.30. The number of para-hydroxylation sites is 2. The van der Waals surface area contributed by atoms with Crippen LogP contribution in [0.15, 0.2) is 53.5 Å². The third-order valence-electron chi connectivity index (χ3n) is 3.58. The molecule has 26 heavy (non-hydrogen) atoms. The molecule has 0 heterocycles. The van der Waals surface area contributed by atoms with Gasteiger partial charge in [0.2, 0.25) is 0 Å². The molecule has 0 fully saturated rings. The molecule has 6 nitrogen and oxygen atoms in total. The van der Waals surface area contributed by atoms with Crippen LogP contribution >= 0.6 is 0 Å². The van der Waals surface area contributed by atoms with E-state index in [1.807, 2.05) is 55.5 Å². The van der Waals surface area contributed by atoms with Crippen molar-refractivity contribution in [2.75, 3.05) is 33.9 Å². The fourth-order valence-corrected chi connectivity index (χ4v) is 2.28. The zero-order valence-electron chi connectivity index (χ0n) is 15.6. The Balaban J connectivity index is 1.96. The molecular weight excluding hydrogens is 330 g/mol. The van der Waals surface area contributed by atoms with Gasteiger partial charge in [0.15, 0.2) is 17.5 Å². The van der Waals surface area contributed by atoms with Gasteiger partial charge in [0, 0.05) is 20.2 Å². The lowest BCUT2D eigenvalue weighted by atomic mass is 10.2. The van der Waals surface area contributed by atoms with E-state index >= 15 is 0 Å². The van der Waals surface area contributed by atoms with Crippen molar-refractivity contribution in [3.05, 3.63) is 54.1 Å². The molecule has 0 aliphatic carbocycles. The van der Waals surface area contributed by atoms with Crippen molar-refractivity contribution >= 4 is 5.96 Å². The van der Waals surface area contributed by atoms with Crippen molar-refractivity contribution in [3.8, 4) is 17.2 Å². The summed E-state index contributed by atoms with van der Waals surface area (Å²) in [7, 11) is 3.31. The molecule has 2 aromatic carbocycles. The summed E-state index contributed by atoms with van der Waals surface area (Å²) in [5.74, 6) is 2.93. The summed E-state index contributed by atoms with van der Waals surface area (Å²) in [6.45, 7) is 4.78. The van der Waals surface area contributed by atoms with Crippen LogP contribution < -0.4 is 20.1 Å². The van der Waals surface area contributed by atoms with Gasteiger partial charge in [-0.15, -0.1) is 0 Å². The summed E-state index contributed by atoms with van der Waals surface area (Å²) < 4.78 is 16.2. The van der Waals surface area contributed by atoms with Gasteiger partial charge < -0.3 is 24.8 Å². The molecule has 2 rings (SSSR count). The van der Waals surface area contributed by atoms with Crippen LogP contribution in [0.4, 0.5) is 0 Å². The van der Waals surface area contributed by atoms with Gasteiger partial charge in [-0.05, 0) is 36.8 Å². The molecule has 0 radical (unpaired) electrons. The number of hydrogen-bond acceptors (Lipinski definition) is 4. The molecule has 0 aliphatic rings. The van der Waals surface area contributed by atoms with Gasteiger partial charge in [-0.2, -0.15) is 0 Å². The van der Waals surface area contributed by atoms with Crippen LogP contribution in [-0.4, -0.2) is 39.9 Å². The Hall–Kier alpha value is -2.73. The zero-order chi connectivity index (χ0) is 18.6. The zero-order valence-corrected chi connectivity index (χ0v) is 15.6. The van der Waals surface area contributed by atoms with Gasteiger partial charge in [0.25, 0.3) is 0 Å². The second-order valence-electron chi connectivity index (χ2n) is 5.51. The van der Waals surface area contributed by atoms with Gasteiger partial charge in [-0.3, -0.25) is 0 Å². The van der Waals surface area contributed by atoms with E-state index in [9.17, 15) is 0 Å². The number of nitrogens with zero attached hydrogens (tertiary/aromatic N) is 1. The fourth-order valence-electron chi connectivity index (χ4n) is 2.28. The third kappa shape index (κ3) is 6.29. The highest BCUT2D eigenvalue weighted by atomic mass is 16.5. The molecular formula is C20H27N3O3. The molecule has 0 saturated carbocycles. The number of benzene rings is 2. The standard InChI is InChI=1S/C20H27N3O3/c1-4-21-20(22-13-14-24-2)23-15-16-9-11-17(12-10-16)26-19-8-6-5-7-18(19)25-3/h5-12H,4,13-15H2,1-3H3,(H2,21,22,23). The molecule has 0 spiro atoms. The maximum atomic E-state index is 5.89. The molecule has 0 bridgehead atoms. The number of hydrogen-bond donors (Lipinski definition) is 2. The smallest absolute Gasteiger partial charge is 0.191 e. The maximum Gasteiger partial charge on any atom is 0.191 e. The molecule has 2 aromatic rings. The average molecular weight is 357 g/mol. The van der Waals surface area contributed by atoms with Crippen molar-refractivity contribution in [1.29, 1.82) is 0 Å². The number of rotatable bonds is 9. The monoisotopic (exact) mass is 357 g/mol. The van der Waals surface area contributed by atoms with Crippen molar-refractivity contribution in [1.82, 2.24) is 10.6 Å². The van der Waals surface area contributed by atoms with Crippen LogP contribution in [0.25, 0.3) is 0 Å². The van der Waals surface area contributed by atoms with E-state index in [0.29, 0.717) is 31.2 Å². The van der Waals surface area contributed by atoms with E-state index in [4.69, 9.17) is 14.2 Å². The van der Waals surface area contributed by atoms with Gasteiger partial charge in [0.1, 0.15) is 5.75 Å². The van der Waals surface area contributed by atoms with E-state index in [-0.39, 0.29) is 0 Å². The van der Waals surface area contributed by atoms with Gasteiger partial charge >= 0.3 is 0 Å². The lowest BCUT2D eigenvalue weighted by Crippen LogP contribution is -2.38. The molecule has 0 unspecified atom stereocenters. The Morgan fingerprint density at radius 3 is 2.35 bits per heavy atom. The second kappa shape index (κ2) is 11.0. The first-order valence-corrected chi connectivity index (χ1v) is 8.67. The Bertz CT molecular complexity index is 687. The normalized spacial score (nSPS) is 11.1. The summed E-state index contributed by atoms with van der Waals surface area (Å²) in [6.07, 6.45) is 0. The topological polar surface area (TPSA) is 64.1 Å². The summed E-state index contributed by atoms with van der Waals surface area (Å²) in [5, 5.41) is 6.44. The van der Waals surface area contributed by atoms with E-state index in [1.54, 1.807) is 14.2 Å². The minimum atomic E-state index is 0.581. The summed E-state index contributed by atoms with van der Waals surface area (Å²) >= 11 is 0. The quantitative estimate of drug-likeness (QED) is 0.410. The SMILES string of the molecule is CCNC(=NCc1ccc(Oc2ccccc2OC)cc1)NCCOC. The first-order valence-electron chi connectivity index (χ1n) is 8.67. The van der Waals surface area contributed by atoms with Gasteiger partial charge in [0.05, 0.1) is 20.3 Å². The van der Waals surface area contributed by atoms with Crippen LogP contribution in [0.3, 0.4) is 0 Å². The minimum absolute atomic E-state index is 0.581. The molecule has 0 atom stereocenters. The molecule has 0 aromatic heterocycles. The number of nitrogens with one attached hydrogen (secondary N) is 2. The molecule has 6 heteroatoms. The van der Waals surface area contributed by atoms with Crippen molar-refractivity contribution in [2.24, 2.45) is 4.99 Å². The molecule has 0 aliphatic heterocycles. The first-order chi connectivity index (χ1) is 12.8.